The fourth-order valence-electron chi connectivity index (χ4n) is 3.43. The van der Waals surface area contributed by atoms with E-state index in [-0.39, 0.29) is 6.10 Å². The van der Waals surface area contributed by atoms with E-state index in [1.807, 2.05) is 18.2 Å². The summed E-state index contributed by atoms with van der Waals surface area (Å²) < 4.78 is 11.6. The second-order valence-electron chi connectivity index (χ2n) is 7.05. The van der Waals surface area contributed by atoms with Crippen LogP contribution in [0, 0.1) is 6.92 Å². The number of rotatable bonds is 6. The minimum atomic E-state index is -0.0846. The van der Waals surface area contributed by atoms with E-state index in [9.17, 15) is 0 Å². The van der Waals surface area contributed by atoms with Crippen molar-refractivity contribution in [2.24, 2.45) is 0 Å². The lowest BCUT2D eigenvalue weighted by Gasteiger charge is -2.33. The normalized spacial score (nSPS) is 17.1. The summed E-state index contributed by atoms with van der Waals surface area (Å²) >= 11 is 0. The number of ether oxygens (including phenoxy) is 2. The van der Waals surface area contributed by atoms with E-state index in [1.54, 1.807) is 25.6 Å². The molecule has 0 spiro atoms. The van der Waals surface area contributed by atoms with Crippen LogP contribution >= 0.6 is 0 Å². The highest BCUT2D eigenvalue weighted by molar-refractivity contribution is 5.47. The fourth-order valence-corrected chi connectivity index (χ4v) is 3.43. The van der Waals surface area contributed by atoms with E-state index in [4.69, 9.17) is 14.5 Å². The van der Waals surface area contributed by atoms with E-state index in [2.05, 4.69) is 45.3 Å². The van der Waals surface area contributed by atoms with Crippen molar-refractivity contribution in [3.63, 3.8) is 0 Å². The molecule has 0 bridgehead atoms. The van der Waals surface area contributed by atoms with Crippen LogP contribution in [0.5, 0.6) is 5.75 Å². The Morgan fingerprint density at radius 1 is 1.17 bits per heavy atom. The first kappa shape index (κ1) is 19.3. The maximum Gasteiger partial charge on any atom is 0.228 e. The van der Waals surface area contributed by atoms with Crippen molar-refractivity contribution in [1.29, 1.82) is 0 Å². The Bertz CT molecular complexity index is 951. The predicted octanol–water partition coefficient (Wildman–Crippen LogP) is 3.51. The van der Waals surface area contributed by atoms with Gasteiger partial charge in [0.05, 0.1) is 19.4 Å². The van der Waals surface area contributed by atoms with Crippen molar-refractivity contribution in [1.82, 2.24) is 19.9 Å². The average molecular weight is 391 g/mol. The summed E-state index contributed by atoms with van der Waals surface area (Å²) in [5.41, 5.74) is 3.27. The third-order valence-electron chi connectivity index (χ3n) is 4.89. The number of nitrogens with zero attached hydrogens (tertiary/aromatic N) is 4. The second kappa shape index (κ2) is 8.98. The molecular formula is C22H25N5O2. The third kappa shape index (κ3) is 4.88. The number of benzene rings is 1. The van der Waals surface area contributed by atoms with Crippen LogP contribution in [0.1, 0.15) is 22.9 Å². The lowest BCUT2D eigenvalue weighted by molar-refractivity contribution is -0.0350. The van der Waals surface area contributed by atoms with Crippen LogP contribution in [0.4, 0.5) is 11.8 Å². The van der Waals surface area contributed by atoms with Crippen LogP contribution < -0.4 is 10.1 Å². The fraction of sp³-hybridized carbons (Fsp3) is 0.318. The summed E-state index contributed by atoms with van der Waals surface area (Å²) in [6.45, 7) is 5.21. The van der Waals surface area contributed by atoms with E-state index < -0.39 is 0 Å². The first-order valence-corrected chi connectivity index (χ1v) is 9.70. The molecule has 0 aliphatic carbocycles. The van der Waals surface area contributed by atoms with Crippen molar-refractivity contribution in [2.45, 2.75) is 19.6 Å². The van der Waals surface area contributed by atoms with Crippen LogP contribution in [0.25, 0.3) is 0 Å². The molecule has 7 nitrogen and oxygen atoms in total. The predicted molar refractivity (Wildman–Crippen MR) is 111 cm³/mol. The molecule has 1 N–H and O–H groups in total. The molecule has 0 radical (unpaired) electrons. The Balaban J connectivity index is 1.45. The van der Waals surface area contributed by atoms with Crippen LogP contribution in [0.2, 0.25) is 0 Å². The third-order valence-corrected chi connectivity index (χ3v) is 4.89. The van der Waals surface area contributed by atoms with Crippen LogP contribution in [0.3, 0.4) is 0 Å². The number of nitrogens with one attached hydrogen (secondary N) is 1. The number of pyridine rings is 1. The Kier molecular flexibility index (Phi) is 5.97. The van der Waals surface area contributed by atoms with E-state index in [0.29, 0.717) is 18.4 Å². The molecule has 0 unspecified atom stereocenters. The Morgan fingerprint density at radius 2 is 2.03 bits per heavy atom. The zero-order valence-electron chi connectivity index (χ0n) is 16.7. The Morgan fingerprint density at radius 3 is 2.86 bits per heavy atom. The molecule has 29 heavy (non-hydrogen) atoms. The van der Waals surface area contributed by atoms with Gasteiger partial charge in [-0.15, -0.1) is 0 Å². The van der Waals surface area contributed by atoms with Gasteiger partial charge in [-0.25, -0.2) is 15.0 Å². The molecule has 0 amide bonds. The molecular weight excluding hydrogens is 366 g/mol. The number of anilines is 2. The van der Waals surface area contributed by atoms with Crippen molar-refractivity contribution >= 4 is 11.8 Å². The minimum Gasteiger partial charge on any atom is -0.496 e. The highest BCUT2D eigenvalue weighted by atomic mass is 16.5. The van der Waals surface area contributed by atoms with Gasteiger partial charge in [0.1, 0.15) is 17.7 Å². The van der Waals surface area contributed by atoms with Crippen molar-refractivity contribution in [3.05, 3.63) is 71.7 Å². The lowest BCUT2D eigenvalue weighted by atomic mass is 10.1. The Hall–Kier alpha value is -3.03. The molecule has 1 fully saturated rings. The highest BCUT2D eigenvalue weighted by Crippen LogP contribution is 2.26. The van der Waals surface area contributed by atoms with Gasteiger partial charge in [0.15, 0.2) is 0 Å². The van der Waals surface area contributed by atoms with Crippen molar-refractivity contribution < 1.29 is 9.47 Å². The molecule has 1 aliphatic rings. The monoisotopic (exact) mass is 391 g/mol. The molecule has 4 rings (SSSR count). The van der Waals surface area contributed by atoms with Gasteiger partial charge in [0, 0.05) is 37.6 Å². The summed E-state index contributed by atoms with van der Waals surface area (Å²) in [6, 6.07) is 14.0. The Labute approximate surface area is 170 Å². The standard InChI is InChI=1S/C22H25N5O2/c1-16-7-8-17(19(13-16)28-2)14-27-11-12-29-20(15-27)18-5-3-6-21(25-18)26-22-23-9-4-10-24-22/h3-10,13,20H,11-12,14-15H2,1-2H3,(H,23,24,25,26)/t20-/m1/s1. The molecule has 2 aromatic heterocycles. The number of morpholine rings is 1. The first-order valence-electron chi connectivity index (χ1n) is 9.70. The van der Waals surface area contributed by atoms with Crippen LogP contribution in [-0.4, -0.2) is 46.7 Å². The molecule has 150 valence electrons. The van der Waals surface area contributed by atoms with Gasteiger partial charge < -0.3 is 14.8 Å². The quantitative estimate of drug-likeness (QED) is 0.689. The molecule has 1 aliphatic heterocycles. The zero-order chi connectivity index (χ0) is 20.1. The van der Waals surface area contributed by atoms with Crippen molar-refractivity contribution in [3.8, 4) is 5.75 Å². The van der Waals surface area contributed by atoms with Gasteiger partial charge in [-0.2, -0.15) is 0 Å². The number of hydrogen-bond acceptors (Lipinski definition) is 7. The first-order chi connectivity index (χ1) is 14.2. The molecule has 3 heterocycles. The largest absolute Gasteiger partial charge is 0.496 e. The molecule has 1 aromatic carbocycles. The summed E-state index contributed by atoms with van der Waals surface area (Å²) in [7, 11) is 1.72. The topological polar surface area (TPSA) is 72.4 Å². The van der Waals surface area contributed by atoms with Gasteiger partial charge in [-0.3, -0.25) is 4.90 Å². The number of methoxy groups -OCH3 is 1. The van der Waals surface area contributed by atoms with E-state index in [1.165, 1.54) is 11.1 Å². The lowest BCUT2D eigenvalue weighted by Crippen LogP contribution is -2.38. The number of hydrogen-bond donors (Lipinski definition) is 1. The van der Waals surface area contributed by atoms with Gasteiger partial charge in [-0.05, 0) is 36.8 Å². The van der Waals surface area contributed by atoms with Crippen molar-refractivity contribution in [2.75, 3.05) is 32.1 Å². The maximum absolute atomic E-state index is 6.02. The number of aryl methyl sites for hydroxylation is 1. The van der Waals surface area contributed by atoms with Gasteiger partial charge in [0.2, 0.25) is 5.95 Å². The summed E-state index contributed by atoms with van der Waals surface area (Å²) in [6.07, 6.45) is 3.31. The smallest absolute Gasteiger partial charge is 0.228 e. The summed E-state index contributed by atoms with van der Waals surface area (Å²) in [5.74, 6) is 2.16. The molecule has 3 aromatic rings. The molecule has 1 saturated heterocycles. The second-order valence-corrected chi connectivity index (χ2v) is 7.05. The average Bonchev–Trinajstić information content (AvgIpc) is 2.76. The maximum atomic E-state index is 6.02. The number of aromatic nitrogens is 3. The molecule has 0 saturated carbocycles. The van der Waals surface area contributed by atoms with Gasteiger partial charge in [-0.1, -0.05) is 18.2 Å². The minimum absolute atomic E-state index is 0.0846. The SMILES string of the molecule is COc1cc(C)ccc1CN1CCO[C@@H](c2cccc(Nc3ncccn3)n2)C1. The summed E-state index contributed by atoms with van der Waals surface area (Å²) in [4.78, 5) is 15.5. The van der Waals surface area contributed by atoms with Gasteiger partial charge >= 0.3 is 0 Å². The summed E-state index contributed by atoms with van der Waals surface area (Å²) in [5, 5.41) is 3.14. The zero-order valence-corrected chi connectivity index (χ0v) is 16.7. The highest BCUT2D eigenvalue weighted by Gasteiger charge is 2.24. The van der Waals surface area contributed by atoms with E-state index in [0.717, 1.165) is 31.1 Å². The molecule has 1 atom stereocenters. The van der Waals surface area contributed by atoms with Crippen LogP contribution in [-0.2, 0) is 11.3 Å². The van der Waals surface area contributed by atoms with Gasteiger partial charge in [0.25, 0.3) is 0 Å². The van der Waals surface area contributed by atoms with Crippen LogP contribution in [0.15, 0.2) is 54.9 Å². The molecule has 7 heteroatoms. The van der Waals surface area contributed by atoms with E-state index >= 15 is 0 Å².